The molecule has 24 heavy (non-hydrogen) atoms. The summed E-state index contributed by atoms with van der Waals surface area (Å²) in [6.45, 7) is 2.74. The maximum absolute atomic E-state index is 13.3. The molecule has 0 aromatic heterocycles. The number of alkyl halides is 13. The van der Waals surface area contributed by atoms with Crippen LogP contribution < -0.4 is 0 Å². The van der Waals surface area contributed by atoms with Crippen LogP contribution in [0.4, 0.5) is 57.1 Å². The van der Waals surface area contributed by atoms with Crippen LogP contribution in [0.5, 0.6) is 0 Å². The lowest BCUT2D eigenvalue weighted by Crippen LogP contribution is -2.70. The minimum absolute atomic E-state index is 0.914. The van der Waals surface area contributed by atoms with Crippen molar-refractivity contribution in [2.45, 2.75) is 35.8 Å². The molecule has 0 saturated heterocycles. The number of hydrogen-bond acceptors (Lipinski definition) is 0. The van der Waals surface area contributed by atoms with E-state index in [0.717, 1.165) is 20.0 Å². The fourth-order valence-electron chi connectivity index (χ4n) is 1.50. The highest BCUT2D eigenvalue weighted by molar-refractivity contribution is 7.73. The van der Waals surface area contributed by atoms with Gasteiger partial charge in [-0.25, -0.2) is 0 Å². The van der Waals surface area contributed by atoms with E-state index in [2.05, 4.69) is 0 Å². The molecule has 0 N–H and O–H groups in total. The van der Waals surface area contributed by atoms with Gasteiger partial charge in [-0.3, -0.25) is 0 Å². The van der Waals surface area contributed by atoms with Crippen LogP contribution in [0, 0.1) is 0 Å². The molecule has 14 heteroatoms. The largest absolute Gasteiger partial charge is 0.460 e. The van der Waals surface area contributed by atoms with Crippen molar-refractivity contribution in [3.05, 3.63) is 0 Å². The Balaban J connectivity index is 6.21. The van der Waals surface area contributed by atoms with Gasteiger partial charge >= 0.3 is 35.8 Å². The lowest BCUT2D eigenvalue weighted by molar-refractivity contribution is -0.438. The summed E-state index contributed by atoms with van der Waals surface area (Å²) in [5.74, 6) is -36.3. The van der Waals surface area contributed by atoms with E-state index in [1.54, 1.807) is 0 Å². The van der Waals surface area contributed by atoms with E-state index in [1.165, 1.54) is 0 Å². The van der Waals surface area contributed by atoms with Gasteiger partial charge in [-0.2, -0.15) is 57.1 Å². The average molecular weight is 409 g/mol. The molecule has 0 radical (unpaired) electrons. The zero-order valence-electron chi connectivity index (χ0n) is 12.1. The Hall–Kier alpha value is -0.480. The maximum Gasteiger partial charge on any atom is 0.460 e. The predicted molar refractivity (Wildman–Crippen MR) is 60.3 cm³/mol. The monoisotopic (exact) mass is 409 g/mol. The number of halogens is 13. The third-order valence-corrected chi connectivity index (χ3v) is 4.02. The number of hydrogen-bond donors (Lipinski definition) is 0. The van der Waals surface area contributed by atoms with Crippen LogP contribution in [0.3, 0.4) is 0 Å². The second kappa shape index (κ2) is 5.77. The molecule has 0 heterocycles. The molecular formula is C10H11F13P+. The average Bonchev–Trinajstić information content (AvgIpc) is 2.22. The Morgan fingerprint density at radius 1 is 0.500 bits per heavy atom. The van der Waals surface area contributed by atoms with E-state index in [1.807, 2.05) is 0 Å². The summed E-state index contributed by atoms with van der Waals surface area (Å²) < 4.78 is 166. The summed E-state index contributed by atoms with van der Waals surface area (Å²) in [5, 5.41) is 0. The number of rotatable bonds is 6. The first-order valence-electron chi connectivity index (χ1n) is 5.72. The highest BCUT2D eigenvalue weighted by Gasteiger charge is 2.91. The molecule has 0 saturated carbocycles. The second-order valence-corrected chi connectivity index (χ2v) is 10.8. The highest BCUT2D eigenvalue weighted by atomic mass is 31.2. The van der Waals surface area contributed by atoms with Crippen LogP contribution in [-0.4, -0.2) is 61.9 Å². The summed E-state index contributed by atoms with van der Waals surface area (Å²) in [6.07, 6.45) is -9.45. The zero-order chi connectivity index (χ0) is 20.2. The van der Waals surface area contributed by atoms with Crippen LogP contribution in [0.25, 0.3) is 0 Å². The molecule has 0 atom stereocenters. The van der Waals surface area contributed by atoms with Gasteiger partial charge < -0.3 is 0 Å². The minimum atomic E-state index is -7.82. The highest BCUT2D eigenvalue weighted by Crippen LogP contribution is 2.62. The Labute approximate surface area is 127 Å². The summed E-state index contributed by atoms with van der Waals surface area (Å²) in [5.41, 5.74) is 0. The van der Waals surface area contributed by atoms with Gasteiger partial charge in [0.2, 0.25) is 0 Å². The van der Waals surface area contributed by atoms with E-state index >= 15 is 0 Å². The SMILES string of the molecule is C[P+](C)(C)CC(F)(F)C(F)(F)C(F)(F)C(F)(F)C(F)(F)C(F)(F)F. The normalized spacial score (nSPS) is 16.5. The van der Waals surface area contributed by atoms with Crippen LogP contribution in [-0.2, 0) is 0 Å². The summed E-state index contributed by atoms with van der Waals surface area (Å²) in [4.78, 5) is 0. The standard InChI is InChI=1S/C10H11F13P/c1-24(2,3)4-5(11,12)6(13,14)7(15,16)8(17,18)9(19,20)10(21,22)23/h4H2,1-3H3/q+1. The third kappa shape index (κ3) is 3.55. The van der Waals surface area contributed by atoms with Crippen molar-refractivity contribution in [3.63, 3.8) is 0 Å². The summed E-state index contributed by atoms with van der Waals surface area (Å²) in [7, 11) is -3.05. The molecule has 146 valence electrons. The first-order valence-corrected chi connectivity index (χ1v) is 9.03. The van der Waals surface area contributed by atoms with Crippen molar-refractivity contribution < 1.29 is 57.1 Å². The van der Waals surface area contributed by atoms with E-state index in [0.29, 0.717) is 0 Å². The van der Waals surface area contributed by atoms with Gasteiger partial charge in [0.15, 0.2) is 0 Å². The molecule has 0 aliphatic carbocycles. The van der Waals surface area contributed by atoms with Gasteiger partial charge in [0, 0.05) is 27.3 Å². The van der Waals surface area contributed by atoms with Crippen molar-refractivity contribution >= 4 is 7.26 Å². The first-order chi connectivity index (χ1) is 9.96. The minimum Gasteiger partial charge on any atom is -0.195 e. The fraction of sp³-hybridized carbons (Fsp3) is 1.00. The van der Waals surface area contributed by atoms with E-state index in [-0.39, 0.29) is 0 Å². The molecule has 0 amide bonds. The lowest BCUT2D eigenvalue weighted by atomic mass is 9.94. The molecule has 0 aromatic carbocycles. The van der Waals surface area contributed by atoms with Gasteiger partial charge in [0.05, 0.1) is 0 Å². The van der Waals surface area contributed by atoms with Crippen molar-refractivity contribution in [1.29, 1.82) is 0 Å². The molecule has 0 bridgehead atoms. The second-order valence-electron chi connectivity index (χ2n) is 5.95. The van der Waals surface area contributed by atoms with Gasteiger partial charge in [0.1, 0.15) is 6.16 Å². The topological polar surface area (TPSA) is 0 Å². The molecular weight excluding hydrogens is 398 g/mol. The van der Waals surface area contributed by atoms with Gasteiger partial charge in [-0.05, 0) is 0 Å². The van der Waals surface area contributed by atoms with Crippen molar-refractivity contribution in [2.24, 2.45) is 0 Å². The van der Waals surface area contributed by atoms with Crippen LogP contribution >= 0.6 is 7.26 Å². The Morgan fingerprint density at radius 3 is 1.04 bits per heavy atom. The van der Waals surface area contributed by atoms with E-state index in [9.17, 15) is 57.1 Å². The fourth-order valence-corrected chi connectivity index (χ4v) is 2.89. The van der Waals surface area contributed by atoms with Crippen molar-refractivity contribution in [2.75, 3.05) is 26.2 Å². The zero-order valence-corrected chi connectivity index (χ0v) is 13.0. The van der Waals surface area contributed by atoms with Crippen LogP contribution in [0.2, 0.25) is 0 Å². The molecule has 0 aliphatic heterocycles. The third-order valence-electron chi connectivity index (χ3n) is 2.67. The van der Waals surface area contributed by atoms with Crippen molar-refractivity contribution in [1.82, 2.24) is 0 Å². The van der Waals surface area contributed by atoms with Crippen molar-refractivity contribution in [3.8, 4) is 0 Å². The molecule has 0 spiro atoms. The Kier molecular flexibility index (Phi) is 5.65. The maximum atomic E-state index is 13.3. The molecule has 0 nitrogen and oxygen atoms in total. The van der Waals surface area contributed by atoms with Gasteiger partial charge in [-0.15, -0.1) is 0 Å². The molecule has 0 aliphatic rings. The Morgan fingerprint density at radius 2 is 0.792 bits per heavy atom. The van der Waals surface area contributed by atoms with E-state index in [4.69, 9.17) is 0 Å². The molecule has 0 aromatic rings. The van der Waals surface area contributed by atoms with Gasteiger partial charge in [0.25, 0.3) is 0 Å². The summed E-state index contributed by atoms with van der Waals surface area (Å²) >= 11 is 0. The quantitative estimate of drug-likeness (QED) is 0.394. The van der Waals surface area contributed by atoms with Crippen LogP contribution in [0.1, 0.15) is 0 Å². The van der Waals surface area contributed by atoms with Crippen LogP contribution in [0.15, 0.2) is 0 Å². The first kappa shape index (κ1) is 23.5. The molecule has 0 rings (SSSR count). The smallest absolute Gasteiger partial charge is 0.195 e. The lowest BCUT2D eigenvalue weighted by Gasteiger charge is -2.40. The molecule has 0 fully saturated rings. The molecule has 0 unspecified atom stereocenters. The predicted octanol–water partition coefficient (Wildman–Crippen LogP) is 5.63. The summed E-state index contributed by atoms with van der Waals surface area (Å²) in [6, 6.07) is 0. The Bertz CT molecular complexity index is 456. The van der Waals surface area contributed by atoms with E-state index < -0.39 is 49.2 Å². The van der Waals surface area contributed by atoms with Gasteiger partial charge in [-0.1, -0.05) is 0 Å².